The van der Waals surface area contributed by atoms with Gasteiger partial charge in [0.05, 0.1) is 39.9 Å². The number of halogens is 1. The summed E-state index contributed by atoms with van der Waals surface area (Å²) in [4.78, 5) is 44.2. The summed E-state index contributed by atoms with van der Waals surface area (Å²) in [5.74, 6) is -2.55. The number of cyclic esters (lactones) is 1. The zero-order chi connectivity index (χ0) is 23.5. The summed E-state index contributed by atoms with van der Waals surface area (Å²) < 4.78 is 3.72. The smallest absolute Gasteiger partial charge is 0.311 e. The Morgan fingerprint density at radius 3 is 2.67 bits per heavy atom. The summed E-state index contributed by atoms with van der Waals surface area (Å²) in [6, 6.07) is 5.59. The number of carbonyl (C=O) groups is 3. The van der Waals surface area contributed by atoms with Gasteiger partial charge in [-0.3, -0.25) is 14.4 Å². The third-order valence-corrected chi connectivity index (χ3v) is 9.25. The van der Waals surface area contributed by atoms with Crippen LogP contribution in [0.2, 0.25) is 5.02 Å². The maximum Gasteiger partial charge on any atom is 0.311 e. The van der Waals surface area contributed by atoms with E-state index in [0.717, 1.165) is 0 Å². The van der Waals surface area contributed by atoms with Gasteiger partial charge in [0.25, 0.3) is 5.91 Å². The average Bonchev–Trinajstić information content (AvgIpc) is 3.05. The van der Waals surface area contributed by atoms with Crippen LogP contribution in [-0.2, 0) is 19.1 Å². The van der Waals surface area contributed by atoms with E-state index in [0.29, 0.717) is 10.7 Å². The minimum atomic E-state index is -0.978. The van der Waals surface area contributed by atoms with E-state index in [2.05, 4.69) is 0 Å². The van der Waals surface area contributed by atoms with Crippen molar-refractivity contribution in [3.05, 3.63) is 53.6 Å². The highest BCUT2D eigenvalue weighted by molar-refractivity contribution is 8.02. The minimum Gasteiger partial charge on any atom is -0.461 e. The zero-order valence-electron chi connectivity index (χ0n) is 18.3. The van der Waals surface area contributed by atoms with E-state index in [1.165, 1.54) is 16.7 Å². The standard InChI is InChI=1S/C24H25ClN2O5S/c1-14(13-28)27-19-21(30)26(16-8-4-3-7-15(16)25)11-5-10-24(19)17(20(27)29)18-22(31)32-12-6-9-23(18,2)33-24/h3-10,14,17-19,28H,11-13H2,1-2H3/t14-,17+,18+,19?,23-,24+/m1/s1. The van der Waals surface area contributed by atoms with Crippen molar-refractivity contribution in [1.82, 2.24) is 4.90 Å². The maximum absolute atomic E-state index is 14.2. The summed E-state index contributed by atoms with van der Waals surface area (Å²) in [6.45, 7) is 3.78. The number of anilines is 1. The minimum absolute atomic E-state index is 0.161. The Morgan fingerprint density at radius 2 is 1.94 bits per heavy atom. The van der Waals surface area contributed by atoms with Gasteiger partial charge in [-0.15, -0.1) is 11.8 Å². The maximum atomic E-state index is 14.2. The van der Waals surface area contributed by atoms with Crippen LogP contribution in [0.4, 0.5) is 5.69 Å². The Morgan fingerprint density at radius 1 is 1.18 bits per heavy atom. The molecule has 4 aliphatic rings. The third-order valence-electron chi connectivity index (χ3n) is 7.13. The molecule has 0 radical (unpaired) electrons. The molecule has 1 unspecified atom stereocenters. The van der Waals surface area contributed by atoms with E-state index in [9.17, 15) is 19.5 Å². The van der Waals surface area contributed by atoms with E-state index in [1.54, 1.807) is 42.2 Å². The van der Waals surface area contributed by atoms with Crippen molar-refractivity contribution in [3.8, 4) is 0 Å². The van der Waals surface area contributed by atoms with Crippen molar-refractivity contribution in [2.75, 3.05) is 24.7 Å². The van der Waals surface area contributed by atoms with Gasteiger partial charge in [0.2, 0.25) is 5.91 Å². The van der Waals surface area contributed by atoms with Crippen LogP contribution < -0.4 is 4.90 Å². The summed E-state index contributed by atoms with van der Waals surface area (Å²) in [6.07, 6.45) is 7.53. The number of aliphatic hydroxyl groups is 1. The first-order valence-corrected chi connectivity index (χ1v) is 12.2. The van der Waals surface area contributed by atoms with Crippen LogP contribution in [0.15, 0.2) is 48.6 Å². The first-order valence-electron chi connectivity index (χ1n) is 11.0. The van der Waals surface area contributed by atoms with Crippen LogP contribution in [0.5, 0.6) is 0 Å². The Bertz CT molecular complexity index is 1090. The van der Waals surface area contributed by atoms with E-state index >= 15 is 0 Å². The highest BCUT2D eigenvalue weighted by Crippen LogP contribution is 2.65. The number of aliphatic hydroxyl groups excluding tert-OH is 1. The van der Waals surface area contributed by atoms with Gasteiger partial charge in [-0.1, -0.05) is 42.0 Å². The molecule has 1 N–H and O–H groups in total. The van der Waals surface area contributed by atoms with Crippen molar-refractivity contribution in [3.63, 3.8) is 0 Å². The second kappa shape index (κ2) is 7.89. The van der Waals surface area contributed by atoms with E-state index in [4.69, 9.17) is 16.3 Å². The molecule has 5 rings (SSSR count). The molecule has 2 amide bonds. The number of nitrogens with zero attached hydrogens (tertiary/aromatic N) is 2. The number of likely N-dealkylation sites (tertiary alicyclic amines) is 1. The quantitative estimate of drug-likeness (QED) is 0.519. The fourth-order valence-corrected chi connectivity index (χ4v) is 8.12. The number of benzene rings is 1. The Labute approximate surface area is 201 Å². The Balaban J connectivity index is 1.69. The normalized spacial score (nSPS) is 36.1. The topological polar surface area (TPSA) is 87.2 Å². The average molecular weight is 489 g/mol. The van der Waals surface area contributed by atoms with Gasteiger partial charge in [-0.25, -0.2) is 0 Å². The lowest BCUT2D eigenvalue weighted by Gasteiger charge is -2.38. The number of para-hydroxylation sites is 1. The molecule has 4 heterocycles. The Kier molecular flexibility index (Phi) is 5.38. The van der Waals surface area contributed by atoms with Crippen LogP contribution in [0.25, 0.3) is 0 Å². The number of ether oxygens (including phenoxy) is 1. The molecule has 2 saturated heterocycles. The molecule has 1 aromatic rings. The number of thioether (sulfide) groups is 1. The van der Waals surface area contributed by atoms with Crippen molar-refractivity contribution in [1.29, 1.82) is 0 Å². The van der Waals surface area contributed by atoms with Gasteiger partial charge < -0.3 is 19.6 Å². The monoisotopic (exact) mass is 488 g/mol. The summed E-state index contributed by atoms with van der Waals surface area (Å²) >= 11 is 7.90. The number of hydrogen-bond acceptors (Lipinski definition) is 6. The van der Waals surface area contributed by atoms with E-state index < -0.39 is 39.4 Å². The summed E-state index contributed by atoms with van der Waals surface area (Å²) in [5, 5.41) is 10.4. The predicted molar refractivity (Wildman–Crippen MR) is 126 cm³/mol. The first-order chi connectivity index (χ1) is 15.7. The lowest BCUT2D eigenvalue weighted by Crippen LogP contribution is -2.56. The number of fused-ring (bicyclic) bond motifs is 2. The molecule has 0 bridgehead atoms. The highest BCUT2D eigenvalue weighted by Gasteiger charge is 2.74. The van der Waals surface area contributed by atoms with Gasteiger partial charge in [0.15, 0.2) is 0 Å². The lowest BCUT2D eigenvalue weighted by molar-refractivity contribution is -0.153. The molecule has 7 nitrogen and oxygen atoms in total. The van der Waals surface area contributed by atoms with E-state index in [-0.39, 0.29) is 31.6 Å². The van der Waals surface area contributed by atoms with Gasteiger partial charge in [-0.2, -0.15) is 0 Å². The van der Waals surface area contributed by atoms with Crippen LogP contribution >= 0.6 is 23.4 Å². The molecule has 33 heavy (non-hydrogen) atoms. The number of amides is 2. The SMILES string of the molecule is C[C@H](CO)N1C(=O)[C@@H]2[C@H]3C(=O)OCC=C[C@@]3(C)S[C@@]23C=CCN(c2ccccc2Cl)C(=O)C13. The summed E-state index contributed by atoms with van der Waals surface area (Å²) in [5.41, 5.74) is 0.557. The van der Waals surface area contributed by atoms with Crippen molar-refractivity contribution >= 4 is 46.8 Å². The second-order valence-corrected chi connectivity index (χ2v) is 11.3. The van der Waals surface area contributed by atoms with Crippen molar-refractivity contribution < 1.29 is 24.2 Å². The number of hydrogen-bond donors (Lipinski definition) is 1. The zero-order valence-corrected chi connectivity index (χ0v) is 19.9. The molecule has 0 saturated carbocycles. The molecule has 0 aromatic heterocycles. The molecular formula is C24H25ClN2O5S. The van der Waals surface area contributed by atoms with Crippen LogP contribution in [0.3, 0.4) is 0 Å². The first kappa shape index (κ1) is 22.5. The van der Waals surface area contributed by atoms with Gasteiger partial charge in [-0.05, 0) is 32.1 Å². The molecule has 1 aromatic carbocycles. The highest BCUT2D eigenvalue weighted by atomic mass is 35.5. The third kappa shape index (κ3) is 3.11. The van der Waals surface area contributed by atoms with E-state index in [1.807, 2.05) is 25.2 Å². The fraction of sp³-hybridized carbons (Fsp3) is 0.458. The fourth-order valence-electron chi connectivity index (χ4n) is 5.74. The summed E-state index contributed by atoms with van der Waals surface area (Å²) in [7, 11) is 0. The van der Waals surface area contributed by atoms with Crippen LogP contribution in [0, 0.1) is 11.8 Å². The molecule has 2 fully saturated rings. The molecule has 1 spiro atoms. The molecular weight excluding hydrogens is 464 g/mol. The molecule has 4 aliphatic heterocycles. The largest absolute Gasteiger partial charge is 0.461 e. The van der Waals surface area contributed by atoms with Crippen LogP contribution in [0.1, 0.15) is 13.8 Å². The van der Waals surface area contributed by atoms with Crippen molar-refractivity contribution in [2.45, 2.75) is 35.4 Å². The molecule has 6 atom stereocenters. The van der Waals surface area contributed by atoms with Crippen LogP contribution in [-0.4, -0.2) is 69.1 Å². The molecule has 174 valence electrons. The number of esters is 1. The van der Waals surface area contributed by atoms with Crippen molar-refractivity contribution in [2.24, 2.45) is 11.8 Å². The Hall–Kier alpha value is -2.29. The number of rotatable bonds is 3. The molecule has 9 heteroatoms. The molecule has 0 aliphatic carbocycles. The van der Waals surface area contributed by atoms with Gasteiger partial charge >= 0.3 is 5.97 Å². The lowest BCUT2D eigenvalue weighted by atomic mass is 9.75. The van der Waals surface area contributed by atoms with Gasteiger partial charge in [0.1, 0.15) is 12.6 Å². The van der Waals surface area contributed by atoms with Gasteiger partial charge in [0, 0.05) is 11.3 Å². The second-order valence-electron chi connectivity index (χ2n) is 9.11. The predicted octanol–water partition coefficient (Wildman–Crippen LogP) is 2.42. The number of carbonyl (C=O) groups excluding carboxylic acids is 3.